The molecule has 1 aromatic carbocycles. The maximum absolute atomic E-state index is 13.7. The first kappa shape index (κ1) is 23.1. The number of carboxylic acids is 1. The molecule has 4 rings (SSSR count). The summed E-state index contributed by atoms with van der Waals surface area (Å²) in [6.45, 7) is 0.998. The van der Waals surface area contributed by atoms with E-state index in [1.807, 2.05) is 0 Å². The third kappa shape index (κ3) is 4.97. The summed E-state index contributed by atoms with van der Waals surface area (Å²) in [5.74, 6) is -0.854. The quantitative estimate of drug-likeness (QED) is 0.324. The molecule has 1 fully saturated rings. The Morgan fingerprint density at radius 2 is 2.12 bits per heavy atom. The third-order valence-corrected chi connectivity index (χ3v) is 6.68. The van der Waals surface area contributed by atoms with Gasteiger partial charge in [-0.25, -0.2) is 19.5 Å². The lowest BCUT2D eigenvalue weighted by Gasteiger charge is -2.27. The van der Waals surface area contributed by atoms with Crippen LogP contribution in [0.1, 0.15) is 19.6 Å². The van der Waals surface area contributed by atoms with Gasteiger partial charge in [-0.2, -0.15) is 5.09 Å². The zero-order chi connectivity index (χ0) is 23.6. The molecule has 5 N–H and O–H groups in total. The predicted octanol–water partition coefficient (Wildman–Crippen LogP) is 1.32. The number of imidazole rings is 1. The monoisotopic (exact) mass is 478 g/mol. The molecule has 2 unspecified atom stereocenters. The average molecular weight is 478 g/mol. The van der Waals surface area contributed by atoms with E-state index >= 15 is 0 Å². The molecule has 3 heterocycles. The van der Waals surface area contributed by atoms with Gasteiger partial charge >= 0.3 is 13.7 Å². The maximum atomic E-state index is 13.7. The second kappa shape index (κ2) is 9.41. The van der Waals surface area contributed by atoms with E-state index in [-0.39, 0.29) is 24.6 Å². The number of ether oxygens (including phenoxy) is 1. The first-order chi connectivity index (χ1) is 15.8. The Labute approximate surface area is 188 Å². The molecular weight excluding hydrogens is 455 g/mol. The standard InChI is InChI=1S/C19H23N6O7P/c1-11(19(27)28)24-33(29,31-12-5-3-2-4-6-12)32-14-7-13(8-26)30-18(14)25-10-23-15-16(20)21-9-22-17(15)25/h2-6,9-11,13-14,18,26H,7-8H2,1H3,(H,24,29)(H,27,28)(H2,20,21,22)/t11?,13-,14+,18+,33?/m0/s1. The maximum Gasteiger partial charge on any atom is 0.459 e. The zero-order valence-electron chi connectivity index (χ0n) is 17.5. The number of hydrogen-bond donors (Lipinski definition) is 4. The third-order valence-electron chi connectivity index (χ3n) is 4.98. The molecule has 0 radical (unpaired) electrons. The summed E-state index contributed by atoms with van der Waals surface area (Å²) in [5.41, 5.74) is 6.55. The molecule has 0 bridgehead atoms. The van der Waals surface area contributed by atoms with Crippen LogP contribution in [0.5, 0.6) is 5.75 Å². The number of para-hydroxylation sites is 1. The molecule has 14 heteroatoms. The van der Waals surface area contributed by atoms with Crippen LogP contribution in [-0.4, -0.2) is 60.6 Å². The molecule has 0 aliphatic carbocycles. The lowest BCUT2D eigenvalue weighted by molar-refractivity contribution is -0.138. The van der Waals surface area contributed by atoms with Gasteiger partial charge in [0, 0.05) is 6.42 Å². The summed E-state index contributed by atoms with van der Waals surface area (Å²) in [5, 5.41) is 21.4. The van der Waals surface area contributed by atoms with E-state index in [0.29, 0.717) is 11.2 Å². The number of anilines is 1. The van der Waals surface area contributed by atoms with Crippen LogP contribution in [0.3, 0.4) is 0 Å². The minimum absolute atomic E-state index is 0.146. The number of carbonyl (C=O) groups is 1. The summed E-state index contributed by atoms with van der Waals surface area (Å²) in [6, 6.07) is 6.97. The van der Waals surface area contributed by atoms with Crippen LogP contribution >= 0.6 is 7.75 Å². The molecular formula is C19H23N6O7P. The van der Waals surface area contributed by atoms with E-state index in [0.717, 1.165) is 0 Å². The van der Waals surface area contributed by atoms with Gasteiger partial charge in [-0.1, -0.05) is 18.2 Å². The van der Waals surface area contributed by atoms with Crippen molar-refractivity contribution in [3.05, 3.63) is 43.0 Å². The van der Waals surface area contributed by atoms with Crippen molar-refractivity contribution >= 4 is 30.7 Å². The highest BCUT2D eigenvalue weighted by Gasteiger charge is 2.44. The van der Waals surface area contributed by atoms with Gasteiger partial charge in [-0.05, 0) is 19.1 Å². The lowest BCUT2D eigenvalue weighted by Crippen LogP contribution is -2.35. The SMILES string of the molecule is CC(NP(=O)(Oc1ccccc1)O[C@@H]1C[C@@H](CO)O[C@H]1n1cnc2c(N)ncnc21)C(=O)O. The smallest absolute Gasteiger partial charge is 0.459 e. The van der Waals surface area contributed by atoms with Crippen LogP contribution < -0.4 is 15.3 Å². The van der Waals surface area contributed by atoms with Crippen molar-refractivity contribution in [2.75, 3.05) is 12.3 Å². The largest absolute Gasteiger partial charge is 0.480 e. The fourth-order valence-electron chi connectivity index (χ4n) is 3.40. The minimum Gasteiger partial charge on any atom is -0.480 e. The number of benzene rings is 1. The fraction of sp³-hybridized carbons (Fsp3) is 0.368. The molecule has 33 heavy (non-hydrogen) atoms. The molecule has 176 valence electrons. The Morgan fingerprint density at radius 3 is 2.82 bits per heavy atom. The van der Waals surface area contributed by atoms with E-state index in [1.165, 1.54) is 24.1 Å². The number of fused-ring (bicyclic) bond motifs is 1. The summed E-state index contributed by atoms with van der Waals surface area (Å²) in [4.78, 5) is 23.7. The van der Waals surface area contributed by atoms with Gasteiger partial charge < -0.3 is 25.2 Å². The topological polar surface area (TPSA) is 184 Å². The highest BCUT2D eigenvalue weighted by molar-refractivity contribution is 7.52. The number of aliphatic hydroxyl groups is 1. The van der Waals surface area contributed by atoms with Gasteiger partial charge in [0.15, 0.2) is 17.7 Å². The number of nitrogens with two attached hydrogens (primary N) is 1. The number of nitrogen functional groups attached to an aromatic ring is 1. The second-order valence-corrected chi connectivity index (χ2v) is 9.03. The van der Waals surface area contributed by atoms with Gasteiger partial charge in [0.25, 0.3) is 0 Å². The van der Waals surface area contributed by atoms with Gasteiger partial charge in [0.1, 0.15) is 29.7 Å². The van der Waals surface area contributed by atoms with Crippen LogP contribution in [0, 0.1) is 0 Å². The van der Waals surface area contributed by atoms with Crippen LogP contribution in [0.25, 0.3) is 11.2 Å². The summed E-state index contributed by atoms with van der Waals surface area (Å²) in [6.07, 6.45) is 0.372. The van der Waals surface area contributed by atoms with Crippen molar-refractivity contribution in [2.45, 2.75) is 37.8 Å². The minimum atomic E-state index is -4.23. The van der Waals surface area contributed by atoms with Gasteiger partial charge in [0.2, 0.25) is 0 Å². The first-order valence-corrected chi connectivity index (χ1v) is 11.6. The second-order valence-electron chi connectivity index (χ2n) is 7.38. The average Bonchev–Trinajstić information content (AvgIpc) is 3.38. The Kier molecular flexibility index (Phi) is 6.58. The number of aliphatic carboxylic acids is 1. The van der Waals surface area contributed by atoms with Crippen LogP contribution in [0.15, 0.2) is 43.0 Å². The number of carboxylic acid groups (broad SMARTS) is 1. The Hall–Kier alpha value is -3.09. The van der Waals surface area contributed by atoms with Crippen molar-refractivity contribution < 1.29 is 33.4 Å². The number of aromatic nitrogens is 4. The number of rotatable bonds is 9. The normalized spacial score (nSPS) is 23.3. The first-order valence-electron chi connectivity index (χ1n) is 10.0. The van der Waals surface area contributed by atoms with Crippen LogP contribution in [0.2, 0.25) is 0 Å². The van der Waals surface area contributed by atoms with Gasteiger partial charge in [0.05, 0.1) is 19.0 Å². The van der Waals surface area contributed by atoms with E-state index in [1.54, 1.807) is 30.3 Å². The van der Waals surface area contributed by atoms with E-state index in [2.05, 4.69) is 20.0 Å². The van der Waals surface area contributed by atoms with Crippen molar-refractivity contribution in [3.63, 3.8) is 0 Å². The molecule has 0 spiro atoms. The highest BCUT2D eigenvalue weighted by Crippen LogP contribution is 2.50. The van der Waals surface area contributed by atoms with Gasteiger partial charge in [-0.3, -0.25) is 13.9 Å². The number of nitrogens with one attached hydrogen (secondary N) is 1. The molecule has 13 nitrogen and oxygen atoms in total. The Bertz CT molecular complexity index is 1180. The molecule has 0 amide bonds. The summed E-state index contributed by atoms with van der Waals surface area (Å²) >= 11 is 0. The number of nitrogens with zero attached hydrogens (tertiary/aromatic N) is 4. The van der Waals surface area contributed by atoms with Crippen molar-refractivity contribution in [1.82, 2.24) is 24.6 Å². The molecule has 3 aromatic rings. The molecule has 0 saturated carbocycles. The lowest BCUT2D eigenvalue weighted by atomic mass is 10.2. The summed E-state index contributed by atoms with van der Waals surface area (Å²) in [7, 11) is -4.23. The molecule has 1 aliphatic rings. The number of aliphatic hydroxyl groups excluding tert-OH is 1. The van der Waals surface area contributed by atoms with E-state index in [9.17, 15) is 19.6 Å². The summed E-state index contributed by atoms with van der Waals surface area (Å²) < 4.78 is 32.6. The predicted molar refractivity (Wildman–Crippen MR) is 115 cm³/mol. The van der Waals surface area contributed by atoms with Crippen LogP contribution in [0.4, 0.5) is 5.82 Å². The van der Waals surface area contributed by atoms with Crippen molar-refractivity contribution in [1.29, 1.82) is 0 Å². The van der Waals surface area contributed by atoms with E-state index < -0.39 is 38.2 Å². The Morgan fingerprint density at radius 1 is 1.36 bits per heavy atom. The number of hydrogen-bond acceptors (Lipinski definition) is 10. The van der Waals surface area contributed by atoms with E-state index in [4.69, 9.17) is 19.5 Å². The molecule has 2 aromatic heterocycles. The molecule has 1 aliphatic heterocycles. The van der Waals surface area contributed by atoms with Crippen molar-refractivity contribution in [2.24, 2.45) is 0 Å². The van der Waals surface area contributed by atoms with Crippen molar-refractivity contribution in [3.8, 4) is 5.75 Å². The van der Waals surface area contributed by atoms with Crippen LogP contribution in [-0.2, 0) is 18.6 Å². The van der Waals surface area contributed by atoms with Gasteiger partial charge in [-0.15, -0.1) is 0 Å². The molecule has 1 saturated heterocycles. The Balaban J connectivity index is 1.67. The highest BCUT2D eigenvalue weighted by atomic mass is 31.2. The fourth-order valence-corrected chi connectivity index (χ4v) is 5.09. The zero-order valence-corrected chi connectivity index (χ0v) is 18.4. The molecule has 5 atom stereocenters.